The zero-order valence-electron chi connectivity index (χ0n) is 9.76. The van der Waals surface area contributed by atoms with E-state index in [0.29, 0.717) is 13.1 Å². The number of rotatable bonds is 3. The van der Waals surface area contributed by atoms with Crippen LogP contribution in [0.15, 0.2) is 41.5 Å². The summed E-state index contributed by atoms with van der Waals surface area (Å²) in [6, 6.07) is 7.37. The maximum Gasteiger partial charge on any atom is 0.251 e. The minimum Gasteiger partial charge on any atom is -0.325 e. The molecule has 0 amide bonds. The van der Waals surface area contributed by atoms with Gasteiger partial charge >= 0.3 is 0 Å². The van der Waals surface area contributed by atoms with Crippen molar-refractivity contribution in [2.45, 2.75) is 20.0 Å². The van der Waals surface area contributed by atoms with Gasteiger partial charge in [0.05, 0.1) is 12.2 Å². The van der Waals surface area contributed by atoms with Gasteiger partial charge in [-0.2, -0.15) is 0 Å². The normalized spacial score (nSPS) is 10.5. The molecule has 2 aromatic rings. The lowest BCUT2D eigenvalue weighted by molar-refractivity contribution is 0.753. The van der Waals surface area contributed by atoms with Crippen molar-refractivity contribution >= 4 is 0 Å². The molecule has 2 N–H and O–H groups in total. The summed E-state index contributed by atoms with van der Waals surface area (Å²) in [4.78, 5) is 15.8. The van der Waals surface area contributed by atoms with Gasteiger partial charge in [0.1, 0.15) is 0 Å². The summed E-state index contributed by atoms with van der Waals surface area (Å²) in [7, 11) is 0. The van der Waals surface area contributed by atoms with Crippen LogP contribution in [0.3, 0.4) is 0 Å². The van der Waals surface area contributed by atoms with Crippen LogP contribution >= 0.6 is 0 Å². The lowest BCUT2D eigenvalue weighted by Crippen LogP contribution is -2.19. The van der Waals surface area contributed by atoms with Crippen molar-refractivity contribution in [1.82, 2.24) is 9.55 Å². The molecule has 17 heavy (non-hydrogen) atoms. The second-order valence-corrected chi connectivity index (χ2v) is 4.03. The molecule has 0 fully saturated rings. The molecular weight excluding hydrogens is 214 g/mol. The van der Waals surface area contributed by atoms with Gasteiger partial charge in [-0.05, 0) is 36.2 Å². The molecule has 2 aromatic heterocycles. The molecule has 0 aliphatic rings. The third kappa shape index (κ3) is 2.79. The highest BCUT2D eigenvalue weighted by molar-refractivity contribution is 5.17. The van der Waals surface area contributed by atoms with E-state index >= 15 is 0 Å². The summed E-state index contributed by atoms with van der Waals surface area (Å²) >= 11 is 0. The molecule has 0 unspecified atom stereocenters. The molecule has 4 heteroatoms. The Labute approximate surface area is 99.7 Å². The Morgan fingerprint density at radius 3 is 2.88 bits per heavy atom. The van der Waals surface area contributed by atoms with Gasteiger partial charge in [0.2, 0.25) is 0 Å². The Hall–Kier alpha value is -1.94. The van der Waals surface area contributed by atoms with Crippen LogP contribution in [0.1, 0.15) is 16.8 Å². The highest BCUT2D eigenvalue weighted by Crippen LogP contribution is 2.03. The van der Waals surface area contributed by atoms with E-state index in [1.54, 1.807) is 23.0 Å². The van der Waals surface area contributed by atoms with Crippen LogP contribution < -0.4 is 11.3 Å². The predicted octanol–water partition coefficient (Wildman–Crippen LogP) is 1.06. The van der Waals surface area contributed by atoms with Crippen LogP contribution in [0.5, 0.6) is 0 Å². The molecule has 0 aliphatic heterocycles. The van der Waals surface area contributed by atoms with Crippen molar-refractivity contribution in [3.05, 3.63) is 63.8 Å². The van der Waals surface area contributed by atoms with Crippen LogP contribution in [0.2, 0.25) is 0 Å². The number of hydrogen-bond donors (Lipinski definition) is 1. The lowest BCUT2D eigenvalue weighted by atomic mass is 10.2. The van der Waals surface area contributed by atoms with Crippen molar-refractivity contribution in [2.24, 2.45) is 5.73 Å². The van der Waals surface area contributed by atoms with Crippen LogP contribution in [0.25, 0.3) is 0 Å². The van der Waals surface area contributed by atoms with E-state index in [1.807, 2.05) is 25.1 Å². The minimum atomic E-state index is 0.0103. The zero-order chi connectivity index (χ0) is 12.3. The first-order chi connectivity index (χ1) is 8.19. The summed E-state index contributed by atoms with van der Waals surface area (Å²) < 4.78 is 1.67. The first kappa shape index (κ1) is 11.5. The van der Waals surface area contributed by atoms with E-state index < -0.39 is 0 Å². The number of aryl methyl sites for hydroxylation is 1. The molecule has 0 bridgehead atoms. The first-order valence-corrected chi connectivity index (χ1v) is 5.50. The standard InChI is InChI=1S/C13H15N3O/c1-10-3-5-16(13(17)6-10)9-11-2-4-15-12(7-11)8-14/h2-7H,8-9,14H2,1H3. The quantitative estimate of drug-likeness (QED) is 0.856. The average molecular weight is 229 g/mol. The topological polar surface area (TPSA) is 60.9 Å². The average Bonchev–Trinajstić information content (AvgIpc) is 2.33. The van der Waals surface area contributed by atoms with E-state index in [2.05, 4.69) is 4.98 Å². The van der Waals surface area contributed by atoms with Gasteiger partial charge in [-0.15, -0.1) is 0 Å². The zero-order valence-corrected chi connectivity index (χ0v) is 9.76. The number of hydrogen-bond acceptors (Lipinski definition) is 3. The summed E-state index contributed by atoms with van der Waals surface area (Å²) in [6.45, 7) is 2.87. The van der Waals surface area contributed by atoms with Gasteiger partial charge in [-0.1, -0.05) is 0 Å². The molecule has 2 heterocycles. The van der Waals surface area contributed by atoms with E-state index in [0.717, 1.165) is 16.8 Å². The van der Waals surface area contributed by atoms with Gasteiger partial charge in [0, 0.05) is 25.0 Å². The number of nitrogens with zero attached hydrogens (tertiary/aromatic N) is 2. The Bertz CT molecular complexity index is 575. The second kappa shape index (κ2) is 4.93. The molecule has 4 nitrogen and oxygen atoms in total. The third-order valence-corrected chi connectivity index (χ3v) is 2.59. The molecule has 0 aromatic carbocycles. The summed E-state index contributed by atoms with van der Waals surface area (Å²) in [5.74, 6) is 0. The Kier molecular flexibility index (Phi) is 3.35. The van der Waals surface area contributed by atoms with Crippen molar-refractivity contribution < 1.29 is 0 Å². The van der Waals surface area contributed by atoms with E-state index in [4.69, 9.17) is 5.73 Å². The predicted molar refractivity (Wildman–Crippen MR) is 66.7 cm³/mol. The van der Waals surface area contributed by atoms with Crippen molar-refractivity contribution in [2.75, 3.05) is 0 Å². The molecule has 0 spiro atoms. The van der Waals surface area contributed by atoms with Gasteiger partial charge in [-0.3, -0.25) is 9.78 Å². The molecular formula is C13H15N3O. The summed E-state index contributed by atoms with van der Waals surface area (Å²) in [5.41, 5.74) is 8.39. The molecule has 0 aliphatic carbocycles. The number of aromatic nitrogens is 2. The SMILES string of the molecule is Cc1ccn(Cc2ccnc(CN)c2)c(=O)c1. The fourth-order valence-corrected chi connectivity index (χ4v) is 1.67. The molecule has 0 saturated carbocycles. The van der Waals surface area contributed by atoms with Crippen LogP contribution in [0.4, 0.5) is 0 Å². The van der Waals surface area contributed by atoms with E-state index in [1.165, 1.54) is 0 Å². The number of pyridine rings is 2. The van der Waals surface area contributed by atoms with Crippen LogP contribution in [-0.2, 0) is 13.1 Å². The van der Waals surface area contributed by atoms with Crippen molar-refractivity contribution in [3.8, 4) is 0 Å². The number of nitrogens with two attached hydrogens (primary N) is 1. The van der Waals surface area contributed by atoms with Gasteiger partial charge < -0.3 is 10.3 Å². The van der Waals surface area contributed by atoms with Gasteiger partial charge in [0.25, 0.3) is 5.56 Å². The largest absolute Gasteiger partial charge is 0.325 e. The Morgan fingerprint density at radius 2 is 2.18 bits per heavy atom. The molecule has 0 atom stereocenters. The van der Waals surface area contributed by atoms with Crippen molar-refractivity contribution in [1.29, 1.82) is 0 Å². The first-order valence-electron chi connectivity index (χ1n) is 5.50. The maximum absolute atomic E-state index is 11.7. The lowest BCUT2D eigenvalue weighted by Gasteiger charge is -2.06. The Balaban J connectivity index is 2.28. The second-order valence-electron chi connectivity index (χ2n) is 4.03. The molecule has 0 radical (unpaired) electrons. The smallest absolute Gasteiger partial charge is 0.251 e. The third-order valence-electron chi connectivity index (χ3n) is 2.59. The van der Waals surface area contributed by atoms with Crippen LogP contribution in [-0.4, -0.2) is 9.55 Å². The van der Waals surface area contributed by atoms with Gasteiger partial charge in [-0.25, -0.2) is 0 Å². The summed E-state index contributed by atoms with van der Waals surface area (Å²) in [5, 5.41) is 0. The highest BCUT2D eigenvalue weighted by Gasteiger charge is 1.99. The fraction of sp³-hybridized carbons (Fsp3) is 0.231. The minimum absolute atomic E-state index is 0.0103. The molecule has 0 saturated heterocycles. The Morgan fingerprint density at radius 1 is 1.35 bits per heavy atom. The monoisotopic (exact) mass is 229 g/mol. The fourth-order valence-electron chi connectivity index (χ4n) is 1.67. The van der Waals surface area contributed by atoms with Crippen LogP contribution in [0, 0.1) is 6.92 Å². The summed E-state index contributed by atoms with van der Waals surface area (Å²) in [6.07, 6.45) is 3.52. The molecule has 88 valence electrons. The van der Waals surface area contributed by atoms with Gasteiger partial charge in [0.15, 0.2) is 0 Å². The van der Waals surface area contributed by atoms with E-state index in [9.17, 15) is 4.79 Å². The molecule has 2 rings (SSSR count). The van der Waals surface area contributed by atoms with Crippen molar-refractivity contribution in [3.63, 3.8) is 0 Å². The maximum atomic E-state index is 11.7. The highest BCUT2D eigenvalue weighted by atomic mass is 16.1. The van der Waals surface area contributed by atoms with E-state index in [-0.39, 0.29) is 5.56 Å².